The Morgan fingerprint density at radius 3 is 2.62 bits per heavy atom. The number of allylic oxidation sites excluding steroid dienone is 1. The maximum absolute atomic E-state index is 11.1. The molecule has 1 aliphatic heterocycles. The number of ether oxygens (including phenoxy) is 2. The second kappa shape index (κ2) is 7.07. The van der Waals surface area contributed by atoms with E-state index in [-0.39, 0.29) is 23.2 Å². The van der Waals surface area contributed by atoms with Gasteiger partial charge in [0.15, 0.2) is 6.29 Å². The van der Waals surface area contributed by atoms with Crippen molar-refractivity contribution < 1.29 is 14.6 Å². The second-order valence-electron chi connectivity index (χ2n) is 12.2. The fraction of sp³-hybridized carbons (Fsp3) is 0.923. The van der Waals surface area contributed by atoms with Crippen LogP contribution in [0.3, 0.4) is 0 Å². The van der Waals surface area contributed by atoms with Crippen molar-refractivity contribution in [2.45, 2.75) is 110 Å². The number of aliphatic hydroxyl groups is 1. The molecule has 29 heavy (non-hydrogen) atoms. The molecular formula is C26H42O3. The SMILES string of the molecule is CC1(C)C[C@H]2[C@@H]3CC=C4C[C@@H](OC5CCCCO5)CC[C@]4(C)[C@H]3CC[C@]2(C)[C@H]1O. The molecule has 8 atom stereocenters. The summed E-state index contributed by atoms with van der Waals surface area (Å²) >= 11 is 0. The minimum absolute atomic E-state index is 0.0349. The molecule has 0 spiro atoms. The molecule has 1 heterocycles. The van der Waals surface area contributed by atoms with E-state index in [0.717, 1.165) is 31.3 Å². The van der Waals surface area contributed by atoms with Gasteiger partial charge in [-0.05, 0) is 98.2 Å². The van der Waals surface area contributed by atoms with Gasteiger partial charge in [-0.3, -0.25) is 0 Å². The highest BCUT2D eigenvalue weighted by atomic mass is 16.7. The second-order valence-corrected chi connectivity index (χ2v) is 12.2. The summed E-state index contributed by atoms with van der Waals surface area (Å²) in [5, 5.41) is 11.1. The smallest absolute Gasteiger partial charge is 0.157 e. The van der Waals surface area contributed by atoms with Crippen molar-refractivity contribution in [3.8, 4) is 0 Å². The molecule has 5 rings (SSSR count). The van der Waals surface area contributed by atoms with Gasteiger partial charge in [0, 0.05) is 6.61 Å². The highest BCUT2D eigenvalue weighted by Gasteiger charge is 2.62. The summed E-state index contributed by atoms with van der Waals surface area (Å²) in [5.41, 5.74) is 2.19. The first kappa shape index (κ1) is 20.5. The van der Waals surface area contributed by atoms with Crippen LogP contribution in [0, 0.1) is 34.0 Å². The van der Waals surface area contributed by atoms with E-state index in [9.17, 15) is 5.11 Å². The lowest BCUT2D eigenvalue weighted by Gasteiger charge is -2.57. The van der Waals surface area contributed by atoms with E-state index < -0.39 is 0 Å². The molecule has 0 bridgehead atoms. The Morgan fingerprint density at radius 2 is 1.86 bits per heavy atom. The molecule has 0 aromatic carbocycles. The molecule has 1 unspecified atom stereocenters. The van der Waals surface area contributed by atoms with Gasteiger partial charge in [-0.25, -0.2) is 0 Å². The van der Waals surface area contributed by atoms with E-state index in [1.165, 1.54) is 51.4 Å². The lowest BCUT2D eigenvalue weighted by atomic mass is 9.48. The Bertz CT molecular complexity index is 663. The van der Waals surface area contributed by atoms with Crippen LogP contribution in [0.25, 0.3) is 0 Å². The number of aliphatic hydroxyl groups excluding tert-OH is 1. The molecule has 4 aliphatic carbocycles. The maximum Gasteiger partial charge on any atom is 0.157 e. The van der Waals surface area contributed by atoms with E-state index in [2.05, 4.69) is 33.8 Å². The summed E-state index contributed by atoms with van der Waals surface area (Å²) in [5.74, 6) is 2.21. The average molecular weight is 403 g/mol. The summed E-state index contributed by atoms with van der Waals surface area (Å²) in [4.78, 5) is 0. The van der Waals surface area contributed by atoms with Crippen LogP contribution in [0.4, 0.5) is 0 Å². The average Bonchev–Trinajstić information content (AvgIpc) is 2.89. The highest BCUT2D eigenvalue weighted by Crippen LogP contribution is 2.67. The van der Waals surface area contributed by atoms with Crippen LogP contribution >= 0.6 is 0 Å². The van der Waals surface area contributed by atoms with Crippen molar-refractivity contribution in [1.82, 2.24) is 0 Å². The van der Waals surface area contributed by atoms with E-state index >= 15 is 0 Å². The van der Waals surface area contributed by atoms with Crippen molar-refractivity contribution in [1.29, 1.82) is 0 Å². The van der Waals surface area contributed by atoms with Gasteiger partial charge in [0.1, 0.15) is 0 Å². The quantitative estimate of drug-likeness (QED) is 0.588. The zero-order valence-corrected chi connectivity index (χ0v) is 19.1. The summed E-state index contributed by atoms with van der Waals surface area (Å²) in [7, 11) is 0. The van der Waals surface area contributed by atoms with Crippen molar-refractivity contribution in [3.05, 3.63) is 11.6 Å². The molecule has 1 N–H and O–H groups in total. The summed E-state index contributed by atoms with van der Waals surface area (Å²) in [6, 6.07) is 0. The standard InChI is InChI=1S/C26H42O3/c1-24(2)16-21-19-9-8-17-15-18(29-22-7-5-6-14-28-22)10-12-25(17,3)20(19)11-13-26(21,4)23(24)27/h8,18-23,27H,5-7,9-16H2,1-4H3/t18-,19+,20-,21-,22?,23-,25-,26-/m0/s1. The lowest BCUT2D eigenvalue weighted by molar-refractivity contribution is -0.195. The number of hydrogen-bond donors (Lipinski definition) is 1. The summed E-state index contributed by atoms with van der Waals surface area (Å²) < 4.78 is 12.2. The molecule has 0 aromatic heterocycles. The van der Waals surface area contributed by atoms with Gasteiger partial charge < -0.3 is 14.6 Å². The zero-order valence-electron chi connectivity index (χ0n) is 19.1. The lowest BCUT2D eigenvalue weighted by Crippen LogP contribution is -2.51. The van der Waals surface area contributed by atoms with E-state index in [1.54, 1.807) is 5.57 Å². The van der Waals surface area contributed by atoms with E-state index in [0.29, 0.717) is 17.4 Å². The Kier molecular flexibility index (Phi) is 5.00. The third-order valence-corrected chi connectivity index (χ3v) is 10.1. The van der Waals surface area contributed by atoms with Crippen molar-refractivity contribution >= 4 is 0 Å². The van der Waals surface area contributed by atoms with Crippen LogP contribution < -0.4 is 0 Å². The van der Waals surface area contributed by atoms with Crippen LogP contribution in [0.15, 0.2) is 11.6 Å². The Hall–Kier alpha value is -0.380. The minimum Gasteiger partial charge on any atom is -0.392 e. The fourth-order valence-corrected chi connectivity index (χ4v) is 8.42. The van der Waals surface area contributed by atoms with Crippen molar-refractivity contribution in [3.63, 3.8) is 0 Å². The fourth-order valence-electron chi connectivity index (χ4n) is 8.42. The third kappa shape index (κ3) is 3.17. The molecule has 4 fully saturated rings. The van der Waals surface area contributed by atoms with Crippen LogP contribution in [0.2, 0.25) is 0 Å². The minimum atomic E-state index is -0.154. The van der Waals surface area contributed by atoms with Gasteiger partial charge in [-0.15, -0.1) is 0 Å². The maximum atomic E-state index is 11.1. The normalized spacial score (nSPS) is 51.6. The Balaban J connectivity index is 1.34. The highest BCUT2D eigenvalue weighted by molar-refractivity contribution is 5.26. The summed E-state index contributed by atoms with van der Waals surface area (Å²) in [6.45, 7) is 10.4. The molecule has 1 saturated heterocycles. The molecule has 3 heteroatoms. The van der Waals surface area contributed by atoms with Gasteiger partial charge in [0.05, 0.1) is 12.2 Å². The first-order valence-corrected chi connectivity index (χ1v) is 12.4. The van der Waals surface area contributed by atoms with Crippen molar-refractivity contribution in [2.24, 2.45) is 34.0 Å². The predicted octanol–water partition coefficient (Wildman–Crippen LogP) is 5.86. The van der Waals surface area contributed by atoms with Gasteiger partial charge >= 0.3 is 0 Å². The van der Waals surface area contributed by atoms with Gasteiger partial charge in [-0.1, -0.05) is 39.3 Å². The predicted molar refractivity (Wildman–Crippen MR) is 115 cm³/mol. The molecule has 3 saturated carbocycles. The zero-order chi connectivity index (χ0) is 20.4. The molecular weight excluding hydrogens is 360 g/mol. The molecule has 5 aliphatic rings. The van der Waals surface area contributed by atoms with Crippen LogP contribution in [0.5, 0.6) is 0 Å². The Labute approximate surface area is 177 Å². The first-order chi connectivity index (χ1) is 13.7. The monoisotopic (exact) mass is 402 g/mol. The molecule has 3 nitrogen and oxygen atoms in total. The number of rotatable bonds is 2. The molecule has 0 amide bonds. The Morgan fingerprint density at radius 1 is 1.03 bits per heavy atom. The van der Waals surface area contributed by atoms with Gasteiger partial charge in [0.25, 0.3) is 0 Å². The van der Waals surface area contributed by atoms with E-state index in [4.69, 9.17) is 9.47 Å². The van der Waals surface area contributed by atoms with Crippen LogP contribution in [-0.4, -0.2) is 30.2 Å². The van der Waals surface area contributed by atoms with Gasteiger partial charge in [0.2, 0.25) is 0 Å². The largest absolute Gasteiger partial charge is 0.392 e. The van der Waals surface area contributed by atoms with Gasteiger partial charge in [-0.2, -0.15) is 0 Å². The number of hydrogen-bond acceptors (Lipinski definition) is 3. The molecule has 0 aromatic rings. The molecule has 0 radical (unpaired) electrons. The third-order valence-electron chi connectivity index (χ3n) is 10.1. The summed E-state index contributed by atoms with van der Waals surface area (Å²) in [6.07, 6.45) is 14.7. The van der Waals surface area contributed by atoms with Crippen LogP contribution in [0.1, 0.15) is 91.9 Å². The topological polar surface area (TPSA) is 38.7 Å². The first-order valence-electron chi connectivity index (χ1n) is 12.4. The van der Waals surface area contributed by atoms with Crippen LogP contribution in [-0.2, 0) is 9.47 Å². The van der Waals surface area contributed by atoms with E-state index in [1.807, 2.05) is 0 Å². The van der Waals surface area contributed by atoms with Crippen molar-refractivity contribution in [2.75, 3.05) is 6.61 Å². The number of fused-ring (bicyclic) bond motifs is 5. The molecule has 164 valence electrons.